The van der Waals surface area contributed by atoms with Gasteiger partial charge in [-0.05, 0) is 29.2 Å². The molecule has 0 radical (unpaired) electrons. The zero-order valence-electron chi connectivity index (χ0n) is 12.3. The van der Waals surface area contributed by atoms with E-state index in [1.807, 2.05) is 50.2 Å². The summed E-state index contributed by atoms with van der Waals surface area (Å²) in [6.45, 7) is 3.97. The zero-order valence-corrected chi connectivity index (χ0v) is 12.3. The third-order valence-corrected chi connectivity index (χ3v) is 3.39. The van der Waals surface area contributed by atoms with Crippen molar-refractivity contribution in [3.63, 3.8) is 0 Å². The van der Waals surface area contributed by atoms with E-state index in [1.165, 1.54) is 0 Å². The van der Waals surface area contributed by atoms with Gasteiger partial charge in [0, 0.05) is 5.56 Å². The molecule has 0 aliphatic rings. The van der Waals surface area contributed by atoms with E-state index in [1.54, 1.807) is 6.07 Å². The Bertz CT molecular complexity index is 659. The fraction of sp³-hybridized carbons (Fsp3) is 0.294. The number of hydrogen-bond acceptors (Lipinski definition) is 2. The second kappa shape index (κ2) is 6.39. The van der Waals surface area contributed by atoms with Gasteiger partial charge in [-0.25, -0.2) is 0 Å². The van der Waals surface area contributed by atoms with Crippen LogP contribution in [-0.2, 0) is 4.79 Å². The van der Waals surface area contributed by atoms with Crippen LogP contribution in [0, 0.1) is 5.92 Å². The average molecular weight is 284 g/mol. The molecule has 110 valence electrons. The zero-order chi connectivity index (χ0) is 15.4. The van der Waals surface area contributed by atoms with Crippen molar-refractivity contribution in [1.29, 1.82) is 0 Å². The van der Waals surface area contributed by atoms with Crippen LogP contribution in [0.4, 0.5) is 0 Å². The van der Waals surface area contributed by atoms with Gasteiger partial charge in [0.05, 0.1) is 0 Å². The second-order valence-electron chi connectivity index (χ2n) is 5.58. The highest BCUT2D eigenvalue weighted by Gasteiger charge is 2.20. The van der Waals surface area contributed by atoms with E-state index in [0.29, 0.717) is 12.0 Å². The number of carbonyl (C=O) groups excluding carboxylic acids is 2. The molecular formula is C17H20N2O2. The number of nitrogens with one attached hydrogen (secondary N) is 1. The Balaban J connectivity index is 2.27. The summed E-state index contributed by atoms with van der Waals surface area (Å²) in [7, 11) is 0. The molecule has 2 rings (SSSR count). The standard InChI is InChI=1S/C17H20N2O2/c1-11(2)10-15(16(18)20)19-17(21)14-9-5-7-12-6-3-4-8-13(12)14/h3-9,11,15H,10H2,1-2H3,(H2,18,20)(H,19,21)/t15-/m0/s1. The Hall–Kier alpha value is -2.36. The van der Waals surface area contributed by atoms with E-state index in [4.69, 9.17) is 5.73 Å². The Labute approximate surface area is 124 Å². The summed E-state index contributed by atoms with van der Waals surface area (Å²) < 4.78 is 0. The van der Waals surface area contributed by atoms with Gasteiger partial charge in [0.2, 0.25) is 5.91 Å². The summed E-state index contributed by atoms with van der Waals surface area (Å²) in [6, 6.07) is 12.6. The number of amides is 2. The second-order valence-corrected chi connectivity index (χ2v) is 5.58. The van der Waals surface area contributed by atoms with Crippen molar-refractivity contribution in [3.05, 3.63) is 48.0 Å². The van der Waals surface area contributed by atoms with Crippen LogP contribution in [0.3, 0.4) is 0 Å². The van der Waals surface area contributed by atoms with Gasteiger partial charge in [0.1, 0.15) is 6.04 Å². The van der Waals surface area contributed by atoms with E-state index in [0.717, 1.165) is 10.8 Å². The predicted molar refractivity (Wildman–Crippen MR) is 83.9 cm³/mol. The summed E-state index contributed by atoms with van der Waals surface area (Å²) >= 11 is 0. The van der Waals surface area contributed by atoms with Crippen molar-refractivity contribution in [2.24, 2.45) is 11.7 Å². The van der Waals surface area contributed by atoms with Crippen LogP contribution in [0.25, 0.3) is 10.8 Å². The average Bonchev–Trinajstić information content (AvgIpc) is 2.45. The predicted octanol–water partition coefficient (Wildman–Crippen LogP) is 2.47. The molecule has 0 saturated heterocycles. The number of primary amides is 1. The first-order valence-corrected chi connectivity index (χ1v) is 7.07. The largest absolute Gasteiger partial charge is 0.368 e. The van der Waals surface area contributed by atoms with E-state index < -0.39 is 11.9 Å². The number of fused-ring (bicyclic) bond motifs is 1. The Kier molecular flexibility index (Phi) is 4.58. The molecule has 0 saturated carbocycles. The van der Waals surface area contributed by atoms with Crippen LogP contribution >= 0.6 is 0 Å². The highest BCUT2D eigenvalue weighted by Crippen LogP contribution is 2.18. The maximum Gasteiger partial charge on any atom is 0.252 e. The van der Waals surface area contributed by atoms with Crippen molar-refractivity contribution in [1.82, 2.24) is 5.32 Å². The molecule has 2 amide bonds. The van der Waals surface area contributed by atoms with E-state index >= 15 is 0 Å². The van der Waals surface area contributed by atoms with Crippen molar-refractivity contribution in [3.8, 4) is 0 Å². The SMILES string of the molecule is CC(C)C[C@H](NC(=O)c1cccc2ccccc12)C(N)=O. The van der Waals surface area contributed by atoms with Crippen LogP contribution in [-0.4, -0.2) is 17.9 Å². The molecule has 0 aliphatic carbocycles. The first kappa shape index (κ1) is 15.0. The molecule has 4 nitrogen and oxygen atoms in total. The minimum atomic E-state index is -0.642. The van der Waals surface area contributed by atoms with Crippen LogP contribution in [0.15, 0.2) is 42.5 Å². The molecule has 0 unspecified atom stereocenters. The molecule has 0 spiro atoms. The van der Waals surface area contributed by atoms with Crippen molar-refractivity contribution in [2.45, 2.75) is 26.3 Å². The molecule has 3 N–H and O–H groups in total. The summed E-state index contributed by atoms with van der Waals surface area (Å²) in [5.41, 5.74) is 5.93. The first-order chi connectivity index (χ1) is 9.99. The molecule has 0 heterocycles. The minimum absolute atomic E-state index is 0.267. The van der Waals surface area contributed by atoms with E-state index in [2.05, 4.69) is 5.32 Å². The number of carbonyl (C=O) groups is 2. The molecule has 0 fully saturated rings. The summed E-state index contributed by atoms with van der Waals surface area (Å²) in [6.07, 6.45) is 0.534. The molecule has 0 aromatic heterocycles. The summed E-state index contributed by atoms with van der Waals surface area (Å²) in [4.78, 5) is 23.9. The molecular weight excluding hydrogens is 264 g/mol. The fourth-order valence-corrected chi connectivity index (χ4v) is 2.38. The highest BCUT2D eigenvalue weighted by atomic mass is 16.2. The molecule has 1 atom stereocenters. The van der Waals surface area contributed by atoms with Gasteiger partial charge < -0.3 is 11.1 Å². The van der Waals surface area contributed by atoms with Crippen molar-refractivity contribution < 1.29 is 9.59 Å². The fourth-order valence-electron chi connectivity index (χ4n) is 2.38. The summed E-state index contributed by atoms with van der Waals surface area (Å²) in [5, 5.41) is 4.60. The van der Waals surface area contributed by atoms with Crippen molar-refractivity contribution in [2.75, 3.05) is 0 Å². The maximum atomic E-state index is 12.4. The molecule has 4 heteroatoms. The monoisotopic (exact) mass is 284 g/mol. The topological polar surface area (TPSA) is 72.2 Å². The smallest absolute Gasteiger partial charge is 0.252 e. The van der Waals surface area contributed by atoms with Gasteiger partial charge in [-0.15, -0.1) is 0 Å². The molecule has 0 bridgehead atoms. The van der Waals surface area contributed by atoms with Gasteiger partial charge in [-0.1, -0.05) is 50.2 Å². The molecule has 2 aromatic rings. The number of hydrogen-bond donors (Lipinski definition) is 2. The Morgan fingerprint density at radius 2 is 1.76 bits per heavy atom. The number of rotatable bonds is 5. The maximum absolute atomic E-state index is 12.4. The Morgan fingerprint density at radius 1 is 1.10 bits per heavy atom. The Morgan fingerprint density at radius 3 is 2.43 bits per heavy atom. The molecule has 2 aromatic carbocycles. The quantitative estimate of drug-likeness (QED) is 0.885. The third-order valence-electron chi connectivity index (χ3n) is 3.39. The minimum Gasteiger partial charge on any atom is -0.368 e. The molecule has 21 heavy (non-hydrogen) atoms. The van der Waals surface area contributed by atoms with Crippen LogP contribution in [0.5, 0.6) is 0 Å². The lowest BCUT2D eigenvalue weighted by atomic mass is 10.0. The molecule has 0 aliphatic heterocycles. The van der Waals surface area contributed by atoms with Crippen molar-refractivity contribution >= 4 is 22.6 Å². The van der Waals surface area contributed by atoms with Gasteiger partial charge >= 0.3 is 0 Å². The lowest BCUT2D eigenvalue weighted by Crippen LogP contribution is -2.45. The summed E-state index contributed by atoms with van der Waals surface area (Å²) in [5.74, 6) is -0.496. The van der Waals surface area contributed by atoms with Crippen LogP contribution < -0.4 is 11.1 Å². The van der Waals surface area contributed by atoms with E-state index in [9.17, 15) is 9.59 Å². The van der Waals surface area contributed by atoms with Crippen LogP contribution in [0.1, 0.15) is 30.6 Å². The number of nitrogens with two attached hydrogens (primary N) is 1. The third kappa shape index (κ3) is 3.60. The first-order valence-electron chi connectivity index (χ1n) is 7.07. The van der Waals surface area contributed by atoms with Gasteiger partial charge in [0.25, 0.3) is 5.91 Å². The van der Waals surface area contributed by atoms with E-state index in [-0.39, 0.29) is 11.8 Å². The normalized spacial score (nSPS) is 12.3. The van der Waals surface area contributed by atoms with Crippen LogP contribution in [0.2, 0.25) is 0 Å². The number of benzene rings is 2. The highest BCUT2D eigenvalue weighted by molar-refractivity contribution is 6.08. The lowest BCUT2D eigenvalue weighted by Gasteiger charge is -2.18. The van der Waals surface area contributed by atoms with Gasteiger partial charge in [-0.3, -0.25) is 9.59 Å². The van der Waals surface area contributed by atoms with Gasteiger partial charge in [0.15, 0.2) is 0 Å². The lowest BCUT2D eigenvalue weighted by molar-refractivity contribution is -0.120. The van der Waals surface area contributed by atoms with Gasteiger partial charge in [-0.2, -0.15) is 0 Å².